The van der Waals surface area contributed by atoms with Crippen LogP contribution < -0.4 is 15.4 Å². The fourth-order valence-corrected chi connectivity index (χ4v) is 1.75. The summed E-state index contributed by atoms with van der Waals surface area (Å²) < 4.78 is 5.30. The van der Waals surface area contributed by atoms with Crippen molar-refractivity contribution in [1.82, 2.24) is 5.32 Å². The molecule has 1 rings (SSSR count). The van der Waals surface area contributed by atoms with Gasteiger partial charge in [-0.2, -0.15) is 0 Å². The van der Waals surface area contributed by atoms with Crippen molar-refractivity contribution in [3.63, 3.8) is 0 Å². The molecule has 0 aliphatic rings. The number of carboxylic acids is 1. The van der Waals surface area contributed by atoms with E-state index in [9.17, 15) is 9.59 Å². The highest BCUT2D eigenvalue weighted by atomic mass is 16.5. The minimum Gasteiger partial charge on any atom is -0.494 e. The van der Waals surface area contributed by atoms with Crippen LogP contribution in [0.25, 0.3) is 0 Å². The lowest BCUT2D eigenvalue weighted by atomic mass is 9.87. The van der Waals surface area contributed by atoms with Crippen molar-refractivity contribution < 1.29 is 19.4 Å². The van der Waals surface area contributed by atoms with Gasteiger partial charge in [0.25, 0.3) is 0 Å². The highest BCUT2D eigenvalue weighted by Crippen LogP contribution is 2.20. The Labute approximate surface area is 124 Å². The Balaban J connectivity index is 2.66. The summed E-state index contributed by atoms with van der Waals surface area (Å²) in [6.45, 7) is 7.71. The van der Waals surface area contributed by atoms with Crippen LogP contribution >= 0.6 is 0 Å². The lowest BCUT2D eigenvalue weighted by Gasteiger charge is -2.27. The van der Waals surface area contributed by atoms with Crippen LogP contribution in [0.3, 0.4) is 0 Å². The van der Waals surface area contributed by atoms with Crippen LogP contribution in [0, 0.1) is 5.41 Å². The van der Waals surface area contributed by atoms with Gasteiger partial charge in [-0.15, -0.1) is 0 Å². The summed E-state index contributed by atoms with van der Waals surface area (Å²) in [4.78, 5) is 23.1. The predicted octanol–water partition coefficient (Wildman–Crippen LogP) is 2.71. The molecule has 21 heavy (non-hydrogen) atoms. The minimum atomic E-state index is -1.07. The first-order valence-electron chi connectivity index (χ1n) is 6.77. The van der Waals surface area contributed by atoms with Crippen LogP contribution in [-0.4, -0.2) is 29.8 Å². The van der Waals surface area contributed by atoms with Crippen molar-refractivity contribution in [3.05, 3.63) is 24.3 Å². The first-order chi connectivity index (χ1) is 9.74. The fourth-order valence-electron chi connectivity index (χ4n) is 1.75. The van der Waals surface area contributed by atoms with Crippen LogP contribution in [-0.2, 0) is 4.79 Å². The Morgan fingerprint density at radius 3 is 2.24 bits per heavy atom. The number of carbonyl (C=O) groups excluding carboxylic acids is 1. The molecule has 1 aromatic rings. The molecule has 0 aliphatic carbocycles. The quantitative estimate of drug-likeness (QED) is 0.779. The largest absolute Gasteiger partial charge is 0.494 e. The number of rotatable bonds is 5. The van der Waals surface area contributed by atoms with Gasteiger partial charge in [0.15, 0.2) is 0 Å². The van der Waals surface area contributed by atoms with Gasteiger partial charge in [0.1, 0.15) is 11.8 Å². The van der Waals surface area contributed by atoms with Gasteiger partial charge in [-0.25, -0.2) is 9.59 Å². The molecule has 6 nitrogen and oxygen atoms in total. The third-order valence-corrected chi connectivity index (χ3v) is 2.81. The Hall–Kier alpha value is -2.24. The maximum Gasteiger partial charge on any atom is 0.326 e. The Morgan fingerprint density at radius 2 is 1.81 bits per heavy atom. The van der Waals surface area contributed by atoms with E-state index in [1.54, 1.807) is 45.0 Å². The zero-order chi connectivity index (χ0) is 16.0. The van der Waals surface area contributed by atoms with Crippen LogP contribution in [0.5, 0.6) is 5.75 Å². The average molecular weight is 294 g/mol. The van der Waals surface area contributed by atoms with Gasteiger partial charge >= 0.3 is 12.0 Å². The van der Waals surface area contributed by atoms with Crippen molar-refractivity contribution >= 4 is 17.7 Å². The molecule has 6 heteroatoms. The van der Waals surface area contributed by atoms with Gasteiger partial charge in [-0.1, -0.05) is 20.8 Å². The number of amides is 2. The first-order valence-corrected chi connectivity index (χ1v) is 6.77. The second-order valence-corrected chi connectivity index (χ2v) is 5.69. The predicted molar refractivity (Wildman–Crippen MR) is 80.6 cm³/mol. The smallest absolute Gasteiger partial charge is 0.326 e. The molecular formula is C15H22N2O4. The number of urea groups is 1. The van der Waals surface area contributed by atoms with E-state index in [0.29, 0.717) is 18.0 Å². The van der Waals surface area contributed by atoms with Crippen molar-refractivity contribution in [1.29, 1.82) is 0 Å². The van der Waals surface area contributed by atoms with Crippen molar-refractivity contribution in [2.45, 2.75) is 33.7 Å². The average Bonchev–Trinajstić information content (AvgIpc) is 2.37. The lowest BCUT2D eigenvalue weighted by Crippen LogP contribution is -2.50. The summed E-state index contributed by atoms with van der Waals surface area (Å²) in [6, 6.07) is 5.32. The van der Waals surface area contributed by atoms with Gasteiger partial charge in [-0.05, 0) is 36.6 Å². The van der Waals surface area contributed by atoms with E-state index < -0.39 is 23.5 Å². The number of hydrogen-bond donors (Lipinski definition) is 3. The fraction of sp³-hybridized carbons (Fsp3) is 0.467. The van der Waals surface area contributed by atoms with E-state index in [2.05, 4.69) is 10.6 Å². The minimum absolute atomic E-state index is 0.554. The number of ether oxygens (including phenoxy) is 1. The molecule has 1 atom stereocenters. The monoisotopic (exact) mass is 294 g/mol. The molecule has 0 saturated heterocycles. The van der Waals surface area contributed by atoms with Crippen molar-refractivity contribution in [2.24, 2.45) is 5.41 Å². The van der Waals surface area contributed by atoms with Crippen LogP contribution in [0.15, 0.2) is 24.3 Å². The second-order valence-electron chi connectivity index (χ2n) is 5.69. The van der Waals surface area contributed by atoms with E-state index >= 15 is 0 Å². The summed E-state index contributed by atoms with van der Waals surface area (Å²) in [5.41, 5.74) is -0.0175. The molecule has 116 valence electrons. The molecule has 1 unspecified atom stereocenters. The molecule has 0 bridgehead atoms. The van der Waals surface area contributed by atoms with Crippen LogP contribution in [0.4, 0.5) is 10.5 Å². The maximum absolute atomic E-state index is 11.9. The van der Waals surface area contributed by atoms with E-state index in [1.165, 1.54) is 0 Å². The SMILES string of the molecule is CCOc1ccc(NC(=O)NC(C(=O)O)C(C)(C)C)cc1. The number of carbonyl (C=O) groups is 2. The zero-order valence-corrected chi connectivity index (χ0v) is 12.8. The first kappa shape index (κ1) is 16.8. The maximum atomic E-state index is 11.9. The summed E-state index contributed by atoms with van der Waals surface area (Å²) in [6.07, 6.45) is 0. The molecule has 1 aromatic carbocycles. The summed E-state index contributed by atoms with van der Waals surface area (Å²) in [5, 5.41) is 14.2. The number of carboxylic acid groups (broad SMARTS) is 1. The number of benzene rings is 1. The third-order valence-electron chi connectivity index (χ3n) is 2.81. The van der Waals surface area contributed by atoms with Gasteiger partial charge in [0.2, 0.25) is 0 Å². The highest BCUT2D eigenvalue weighted by molar-refractivity contribution is 5.92. The standard InChI is InChI=1S/C15H22N2O4/c1-5-21-11-8-6-10(7-9-11)16-14(20)17-12(13(18)19)15(2,3)4/h6-9,12H,5H2,1-4H3,(H,18,19)(H2,16,17,20). The molecule has 0 spiro atoms. The van der Waals surface area contributed by atoms with E-state index in [0.717, 1.165) is 0 Å². The van der Waals surface area contributed by atoms with E-state index in [-0.39, 0.29) is 0 Å². The highest BCUT2D eigenvalue weighted by Gasteiger charge is 2.32. The Kier molecular flexibility index (Phi) is 5.58. The molecule has 0 aliphatic heterocycles. The summed E-state index contributed by atoms with van der Waals surface area (Å²) >= 11 is 0. The van der Waals surface area contributed by atoms with Crippen molar-refractivity contribution in [3.8, 4) is 5.75 Å². The number of nitrogens with one attached hydrogen (secondary N) is 2. The molecule has 0 fully saturated rings. The molecule has 0 saturated carbocycles. The lowest BCUT2D eigenvalue weighted by molar-refractivity contribution is -0.141. The van der Waals surface area contributed by atoms with Crippen LogP contribution in [0.2, 0.25) is 0 Å². The summed E-state index contributed by atoms with van der Waals surface area (Å²) in [7, 11) is 0. The van der Waals surface area contributed by atoms with Gasteiger partial charge in [0.05, 0.1) is 6.61 Å². The topological polar surface area (TPSA) is 87.7 Å². The molecule has 2 amide bonds. The summed E-state index contributed by atoms with van der Waals surface area (Å²) in [5.74, 6) is -0.356. The second kappa shape index (κ2) is 6.97. The van der Waals surface area contributed by atoms with Gasteiger partial charge < -0.3 is 20.5 Å². The van der Waals surface area contributed by atoms with E-state index in [4.69, 9.17) is 9.84 Å². The normalized spacial score (nSPS) is 12.4. The van der Waals surface area contributed by atoms with Crippen LogP contribution in [0.1, 0.15) is 27.7 Å². The Morgan fingerprint density at radius 1 is 1.24 bits per heavy atom. The molecule has 0 radical (unpaired) electrons. The van der Waals surface area contributed by atoms with Gasteiger partial charge in [0, 0.05) is 5.69 Å². The van der Waals surface area contributed by atoms with E-state index in [1.807, 2.05) is 6.92 Å². The molecule has 0 heterocycles. The third kappa shape index (κ3) is 5.33. The van der Waals surface area contributed by atoms with Crippen molar-refractivity contribution in [2.75, 3.05) is 11.9 Å². The zero-order valence-electron chi connectivity index (χ0n) is 12.8. The molecular weight excluding hydrogens is 272 g/mol. The molecule has 0 aromatic heterocycles. The number of aliphatic carboxylic acids is 1. The molecule has 3 N–H and O–H groups in total. The number of anilines is 1. The van der Waals surface area contributed by atoms with Gasteiger partial charge in [-0.3, -0.25) is 0 Å². The Bertz CT molecular complexity index is 491. The number of hydrogen-bond acceptors (Lipinski definition) is 3.